The molecule has 0 saturated heterocycles. The molecule has 0 bridgehead atoms. The summed E-state index contributed by atoms with van der Waals surface area (Å²) in [5.41, 5.74) is 5.21. The van der Waals surface area contributed by atoms with E-state index in [2.05, 4.69) is 53.8 Å². The minimum Gasteiger partial charge on any atom is -0.370 e. The van der Waals surface area contributed by atoms with E-state index in [1.807, 2.05) is 0 Å². The third kappa shape index (κ3) is 1.72. The predicted molar refractivity (Wildman–Crippen MR) is 73.4 cm³/mol. The van der Waals surface area contributed by atoms with Crippen molar-refractivity contribution in [2.45, 2.75) is 39.4 Å². The molecule has 2 unspecified atom stereocenters. The van der Waals surface area contributed by atoms with Gasteiger partial charge in [-0.3, -0.25) is 0 Å². The highest BCUT2D eigenvalue weighted by Gasteiger charge is 2.26. The third-order valence-corrected chi connectivity index (χ3v) is 3.98. The SMILES string of the molecule is Cc1cc(Br)cc2c3c([nH]c12)CC(C)OC3C. The molecule has 1 N–H and O–H groups in total. The highest BCUT2D eigenvalue weighted by atomic mass is 79.9. The number of fused-ring (bicyclic) bond motifs is 3. The van der Waals surface area contributed by atoms with Gasteiger partial charge in [0.15, 0.2) is 0 Å². The Morgan fingerprint density at radius 1 is 1.35 bits per heavy atom. The Morgan fingerprint density at radius 3 is 2.88 bits per heavy atom. The fourth-order valence-electron chi connectivity index (χ4n) is 2.88. The van der Waals surface area contributed by atoms with Crippen molar-refractivity contribution in [2.75, 3.05) is 0 Å². The Bertz CT molecular complexity index is 587. The van der Waals surface area contributed by atoms with Crippen LogP contribution in [0.5, 0.6) is 0 Å². The number of benzene rings is 1. The second-order valence-electron chi connectivity index (χ2n) is 4.96. The van der Waals surface area contributed by atoms with E-state index in [-0.39, 0.29) is 6.10 Å². The first-order chi connectivity index (χ1) is 8.06. The van der Waals surface area contributed by atoms with Crippen molar-refractivity contribution >= 4 is 26.8 Å². The molecule has 2 atom stereocenters. The van der Waals surface area contributed by atoms with Crippen LogP contribution >= 0.6 is 15.9 Å². The molecule has 2 heterocycles. The van der Waals surface area contributed by atoms with Crippen molar-refractivity contribution in [1.82, 2.24) is 4.98 Å². The number of ether oxygens (including phenoxy) is 1. The Labute approximate surface area is 109 Å². The molecule has 90 valence electrons. The van der Waals surface area contributed by atoms with Crippen LogP contribution in [0.4, 0.5) is 0 Å². The van der Waals surface area contributed by atoms with Gasteiger partial charge in [-0.2, -0.15) is 0 Å². The van der Waals surface area contributed by atoms with Crippen LogP contribution in [0.2, 0.25) is 0 Å². The van der Waals surface area contributed by atoms with Gasteiger partial charge in [-0.15, -0.1) is 0 Å². The van der Waals surface area contributed by atoms with Gasteiger partial charge >= 0.3 is 0 Å². The maximum absolute atomic E-state index is 5.92. The molecule has 1 aromatic heterocycles. The van der Waals surface area contributed by atoms with Gasteiger partial charge in [0.25, 0.3) is 0 Å². The standard InChI is InChI=1S/C14H16BrNO/c1-7-4-10(15)6-11-13-9(3)17-8(2)5-12(13)16-14(7)11/h4,6,8-9,16H,5H2,1-3H3. The van der Waals surface area contributed by atoms with Crippen LogP contribution < -0.4 is 0 Å². The molecule has 0 radical (unpaired) electrons. The van der Waals surface area contributed by atoms with E-state index in [0.717, 1.165) is 10.9 Å². The maximum atomic E-state index is 5.92. The second-order valence-corrected chi connectivity index (χ2v) is 5.87. The van der Waals surface area contributed by atoms with E-state index in [1.54, 1.807) is 0 Å². The first-order valence-corrected chi connectivity index (χ1v) is 6.81. The first-order valence-electron chi connectivity index (χ1n) is 6.02. The third-order valence-electron chi connectivity index (χ3n) is 3.53. The topological polar surface area (TPSA) is 25.0 Å². The molecule has 17 heavy (non-hydrogen) atoms. The van der Waals surface area contributed by atoms with Crippen LogP contribution in [-0.2, 0) is 11.2 Å². The molecule has 0 fully saturated rings. The average Bonchev–Trinajstić information content (AvgIpc) is 2.56. The van der Waals surface area contributed by atoms with Crippen LogP contribution in [0.15, 0.2) is 16.6 Å². The van der Waals surface area contributed by atoms with Gasteiger partial charge in [-0.05, 0) is 38.5 Å². The number of aromatic amines is 1. The molecule has 2 aromatic rings. The van der Waals surface area contributed by atoms with Crippen LogP contribution in [0.1, 0.15) is 36.8 Å². The van der Waals surface area contributed by atoms with E-state index >= 15 is 0 Å². The van der Waals surface area contributed by atoms with Crippen molar-refractivity contribution in [3.8, 4) is 0 Å². The first kappa shape index (κ1) is 11.3. The Morgan fingerprint density at radius 2 is 2.12 bits per heavy atom. The zero-order valence-electron chi connectivity index (χ0n) is 10.3. The van der Waals surface area contributed by atoms with Crippen molar-refractivity contribution < 1.29 is 4.74 Å². The van der Waals surface area contributed by atoms with Gasteiger partial charge in [0.05, 0.1) is 12.2 Å². The van der Waals surface area contributed by atoms with Crippen molar-refractivity contribution in [1.29, 1.82) is 0 Å². The average molecular weight is 294 g/mol. The molecular formula is C14H16BrNO. The van der Waals surface area contributed by atoms with Crippen LogP contribution in [-0.4, -0.2) is 11.1 Å². The molecule has 3 heteroatoms. The summed E-state index contributed by atoms with van der Waals surface area (Å²) in [7, 11) is 0. The molecule has 0 saturated carbocycles. The molecule has 2 nitrogen and oxygen atoms in total. The van der Waals surface area contributed by atoms with E-state index < -0.39 is 0 Å². The van der Waals surface area contributed by atoms with E-state index in [9.17, 15) is 0 Å². The van der Waals surface area contributed by atoms with Gasteiger partial charge < -0.3 is 9.72 Å². The van der Waals surface area contributed by atoms with Crippen LogP contribution in [0.25, 0.3) is 10.9 Å². The number of aryl methyl sites for hydroxylation is 1. The molecule has 0 aliphatic carbocycles. The summed E-state index contributed by atoms with van der Waals surface area (Å²) in [6.07, 6.45) is 1.45. The Balaban J connectivity index is 2.32. The lowest BCUT2D eigenvalue weighted by Gasteiger charge is -2.25. The lowest BCUT2D eigenvalue weighted by molar-refractivity contribution is -0.00436. The molecule has 1 aliphatic rings. The largest absolute Gasteiger partial charge is 0.370 e. The van der Waals surface area contributed by atoms with Crippen molar-refractivity contribution in [3.05, 3.63) is 33.4 Å². The summed E-state index contributed by atoms with van der Waals surface area (Å²) in [6, 6.07) is 4.34. The normalized spacial score (nSPS) is 24.0. The Hall–Kier alpha value is -0.800. The van der Waals surface area contributed by atoms with E-state index in [4.69, 9.17) is 4.74 Å². The zero-order valence-corrected chi connectivity index (χ0v) is 11.9. The monoisotopic (exact) mass is 293 g/mol. The Kier molecular flexibility index (Phi) is 2.56. The number of halogens is 1. The number of aromatic nitrogens is 1. The molecule has 1 aliphatic heterocycles. The zero-order chi connectivity index (χ0) is 12.2. The predicted octanol–water partition coefficient (Wildman–Crippen LogP) is 4.26. The fourth-order valence-corrected chi connectivity index (χ4v) is 3.45. The highest BCUT2D eigenvalue weighted by Crippen LogP contribution is 2.37. The molecular weight excluding hydrogens is 278 g/mol. The minimum atomic E-state index is 0.177. The summed E-state index contributed by atoms with van der Waals surface area (Å²) in [6.45, 7) is 6.41. The lowest BCUT2D eigenvalue weighted by atomic mass is 9.99. The second kappa shape index (κ2) is 3.85. The lowest BCUT2D eigenvalue weighted by Crippen LogP contribution is -2.21. The van der Waals surface area contributed by atoms with Gasteiger partial charge in [0, 0.05) is 33.1 Å². The van der Waals surface area contributed by atoms with Crippen molar-refractivity contribution in [3.63, 3.8) is 0 Å². The molecule has 0 amide bonds. The summed E-state index contributed by atoms with van der Waals surface area (Å²) in [5.74, 6) is 0. The van der Waals surface area contributed by atoms with Gasteiger partial charge in [-0.25, -0.2) is 0 Å². The van der Waals surface area contributed by atoms with E-state index in [0.29, 0.717) is 6.10 Å². The molecule has 0 spiro atoms. The smallest absolute Gasteiger partial charge is 0.0824 e. The number of hydrogen-bond donors (Lipinski definition) is 1. The fraction of sp³-hybridized carbons (Fsp3) is 0.429. The van der Waals surface area contributed by atoms with Crippen LogP contribution in [0.3, 0.4) is 0 Å². The number of nitrogens with one attached hydrogen (secondary N) is 1. The van der Waals surface area contributed by atoms with E-state index in [1.165, 1.54) is 27.7 Å². The number of H-pyrrole nitrogens is 1. The number of hydrogen-bond acceptors (Lipinski definition) is 1. The quantitative estimate of drug-likeness (QED) is 0.771. The highest BCUT2D eigenvalue weighted by molar-refractivity contribution is 9.10. The summed E-state index contributed by atoms with van der Waals surface area (Å²) in [4.78, 5) is 3.57. The molecule has 1 aromatic carbocycles. The van der Waals surface area contributed by atoms with Crippen molar-refractivity contribution in [2.24, 2.45) is 0 Å². The summed E-state index contributed by atoms with van der Waals surface area (Å²) in [5, 5.41) is 1.30. The van der Waals surface area contributed by atoms with Gasteiger partial charge in [0.2, 0.25) is 0 Å². The summed E-state index contributed by atoms with van der Waals surface area (Å²) >= 11 is 3.57. The number of rotatable bonds is 0. The molecule has 3 rings (SSSR count). The summed E-state index contributed by atoms with van der Waals surface area (Å²) < 4.78 is 7.06. The van der Waals surface area contributed by atoms with Gasteiger partial charge in [-0.1, -0.05) is 15.9 Å². The van der Waals surface area contributed by atoms with Gasteiger partial charge in [0.1, 0.15) is 0 Å². The maximum Gasteiger partial charge on any atom is 0.0824 e. The van der Waals surface area contributed by atoms with Crippen LogP contribution in [0, 0.1) is 6.92 Å². The minimum absolute atomic E-state index is 0.177.